The van der Waals surface area contributed by atoms with E-state index in [1.807, 2.05) is 0 Å². The van der Waals surface area contributed by atoms with E-state index in [1.165, 1.54) is 7.05 Å². The molecule has 4 nitrogen and oxygen atoms in total. The van der Waals surface area contributed by atoms with Gasteiger partial charge in [-0.25, -0.2) is 4.79 Å². The molecule has 0 spiro atoms. The maximum absolute atomic E-state index is 9.90. The van der Waals surface area contributed by atoms with Crippen LogP contribution in [0.4, 0.5) is 4.79 Å². The Kier molecular flexibility index (Phi) is 7.12. The molecule has 9 heavy (non-hydrogen) atoms. The van der Waals surface area contributed by atoms with Crippen molar-refractivity contribution in [3.8, 4) is 0 Å². The zero-order valence-corrected chi connectivity index (χ0v) is 5.89. The van der Waals surface area contributed by atoms with E-state index in [2.05, 4.69) is 0 Å². The molecule has 1 amide bonds. The molecule has 0 rings (SSSR count). The zero-order chi connectivity index (χ0) is 6.57. The van der Waals surface area contributed by atoms with Crippen LogP contribution in [-0.2, 0) is 0 Å². The number of hydrogen-bond donors (Lipinski definition) is 2. The smallest absolute Gasteiger partial charge is 0.407 e. The van der Waals surface area contributed by atoms with E-state index in [0.717, 1.165) is 4.90 Å². The molecule has 0 atom stereocenters. The molecule has 0 bridgehead atoms. The van der Waals surface area contributed by atoms with Crippen LogP contribution >= 0.6 is 12.4 Å². The first-order chi connectivity index (χ1) is 3.68. The van der Waals surface area contributed by atoms with E-state index in [-0.39, 0.29) is 25.6 Å². The summed E-state index contributed by atoms with van der Waals surface area (Å²) in [4.78, 5) is 10.9. The number of halogens is 1. The van der Waals surface area contributed by atoms with Gasteiger partial charge in [-0.05, 0) is 0 Å². The van der Waals surface area contributed by atoms with Crippen LogP contribution in [0.2, 0.25) is 0 Å². The van der Waals surface area contributed by atoms with Gasteiger partial charge in [0.2, 0.25) is 0 Å². The summed E-state index contributed by atoms with van der Waals surface area (Å²) in [5.74, 6) is 0. The van der Waals surface area contributed by atoms with Crippen LogP contribution in [0.25, 0.3) is 0 Å². The summed E-state index contributed by atoms with van der Waals surface area (Å²) in [5, 5.41) is 16.3. The van der Waals surface area contributed by atoms with Crippen LogP contribution in [0.5, 0.6) is 0 Å². The first kappa shape index (κ1) is 11.3. The van der Waals surface area contributed by atoms with E-state index in [4.69, 9.17) is 10.2 Å². The molecule has 5 heteroatoms. The van der Waals surface area contributed by atoms with E-state index in [9.17, 15) is 4.79 Å². The molecular weight excluding hydrogens is 146 g/mol. The predicted octanol–water partition coefficient (Wildman–Crippen LogP) is 0.0103. The number of carboxylic acid groups (broad SMARTS) is 1. The average Bonchev–Trinajstić information content (AvgIpc) is 1.67. The van der Waals surface area contributed by atoms with Crippen molar-refractivity contribution in [1.82, 2.24) is 4.90 Å². The van der Waals surface area contributed by atoms with E-state index < -0.39 is 6.09 Å². The van der Waals surface area contributed by atoms with Crippen LogP contribution in [0.3, 0.4) is 0 Å². The number of likely N-dealkylation sites (N-methyl/N-ethyl adjacent to an activating group) is 1. The molecular formula is C4H10ClNO3. The maximum Gasteiger partial charge on any atom is 0.407 e. The van der Waals surface area contributed by atoms with Crippen LogP contribution in [0, 0.1) is 0 Å². The molecule has 0 aliphatic carbocycles. The summed E-state index contributed by atoms with van der Waals surface area (Å²) in [6.07, 6.45) is -1.01. The standard InChI is InChI=1S/C4H9NO3.ClH/c1-5(2-3-6)4(7)8;/h6H,2-3H2,1H3,(H,7,8);1H. The molecule has 0 fully saturated rings. The lowest BCUT2D eigenvalue weighted by atomic mass is 10.6. The van der Waals surface area contributed by atoms with E-state index in [0.29, 0.717) is 0 Å². The lowest BCUT2D eigenvalue weighted by Crippen LogP contribution is -2.27. The topological polar surface area (TPSA) is 60.8 Å². The third kappa shape index (κ3) is 5.39. The summed E-state index contributed by atoms with van der Waals surface area (Å²) >= 11 is 0. The Hall–Kier alpha value is -0.480. The number of rotatable bonds is 2. The van der Waals surface area contributed by atoms with Gasteiger partial charge in [0.25, 0.3) is 0 Å². The van der Waals surface area contributed by atoms with Crippen molar-refractivity contribution in [2.24, 2.45) is 0 Å². The predicted molar refractivity (Wildman–Crippen MR) is 35.0 cm³/mol. The molecule has 2 N–H and O–H groups in total. The quantitative estimate of drug-likeness (QED) is 0.591. The van der Waals surface area contributed by atoms with Crippen molar-refractivity contribution in [3.05, 3.63) is 0 Å². The highest BCUT2D eigenvalue weighted by Crippen LogP contribution is 1.79. The van der Waals surface area contributed by atoms with Gasteiger partial charge in [-0.3, -0.25) is 0 Å². The molecule has 0 radical (unpaired) electrons. The third-order valence-corrected chi connectivity index (χ3v) is 0.762. The van der Waals surface area contributed by atoms with Gasteiger partial charge in [-0.2, -0.15) is 0 Å². The second kappa shape index (κ2) is 5.65. The zero-order valence-electron chi connectivity index (χ0n) is 5.07. The first-order valence-electron chi connectivity index (χ1n) is 2.23. The minimum Gasteiger partial charge on any atom is -0.465 e. The Morgan fingerprint density at radius 1 is 1.67 bits per heavy atom. The van der Waals surface area contributed by atoms with Crippen molar-refractivity contribution in [1.29, 1.82) is 0 Å². The molecule has 0 saturated carbocycles. The summed E-state index contributed by atoms with van der Waals surface area (Å²) in [7, 11) is 1.40. The van der Waals surface area contributed by atoms with Gasteiger partial charge in [0.15, 0.2) is 0 Å². The summed E-state index contributed by atoms with van der Waals surface area (Å²) in [6, 6.07) is 0. The minimum absolute atomic E-state index is 0. The maximum atomic E-state index is 9.90. The molecule has 0 aliphatic heterocycles. The van der Waals surface area contributed by atoms with Crippen LogP contribution in [0.15, 0.2) is 0 Å². The molecule has 0 aliphatic rings. The number of amides is 1. The highest BCUT2D eigenvalue weighted by molar-refractivity contribution is 5.85. The second-order valence-electron chi connectivity index (χ2n) is 1.43. The van der Waals surface area contributed by atoms with Gasteiger partial charge < -0.3 is 15.1 Å². The van der Waals surface area contributed by atoms with Crippen molar-refractivity contribution in [2.75, 3.05) is 20.2 Å². The molecule has 0 saturated heterocycles. The van der Waals surface area contributed by atoms with Crippen molar-refractivity contribution in [2.45, 2.75) is 0 Å². The van der Waals surface area contributed by atoms with Gasteiger partial charge in [0.1, 0.15) is 0 Å². The monoisotopic (exact) mass is 155 g/mol. The summed E-state index contributed by atoms with van der Waals surface area (Å²) in [5.41, 5.74) is 0. The van der Waals surface area contributed by atoms with Crippen LogP contribution in [0.1, 0.15) is 0 Å². The number of aliphatic hydroxyl groups excluding tert-OH is 1. The van der Waals surface area contributed by atoms with Crippen LogP contribution in [-0.4, -0.2) is 41.4 Å². The van der Waals surface area contributed by atoms with Gasteiger partial charge >= 0.3 is 6.09 Å². The third-order valence-electron chi connectivity index (χ3n) is 0.762. The molecule has 56 valence electrons. The molecule has 0 aromatic carbocycles. The Bertz CT molecular complexity index is 87.9. The van der Waals surface area contributed by atoms with Crippen molar-refractivity contribution >= 4 is 18.5 Å². The average molecular weight is 156 g/mol. The molecule has 0 aromatic heterocycles. The van der Waals surface area contributed by atoms with Gasteiger partial charge in [0.05, 0.1) is 6.61 Å². The number of carbonyl (C=O) groups is 1. The number of nitrogens with zero attached hydrogens (tertiary/aromatic N) is 1. The highest BCUT2D eigenvalue weighted by atomic mass is 35.5. The Morgan fingerprint density at radius 3 is 2.22 bits per heavy atom. The van der Waals surface area contributed by atoms with Gasteiger partial charge in [-0.15, -0.1) is 12.4 Å². The lowest BCUT2D eigenvalue weighted by molar-refractivity contribution is 0.144. The van der Waals surface area contributed by atoms with Crippen molar-refractivity contribution in [3.63, 3.8) is 0 Å². The molecule has 0 heterocycles. The molecule has 0 aromatic rings. The fourth-order valence-electron chi connectivity index (χ4n) is 0.246. The lowest BCUT2D eigenvalue weighted by Gasteiger charge is -2.08. The Balaban J connectivity index is 0. The fourth-order valence-corrected chi connectivity index (χ4v) is 0.246. The fraction of sp³-hybridized carbons (Fsp3) is 0.750. The van der Waals surface area contributed by atoms with Crippen molar-refractivity contribution < 1.29 is 15.0 Å². The minimum atomic E-state index is -1.01. The number of aliphatic hydroxyl groups is 1. The number of hydrogen-bond acceptors (Lipinski definition) is 2. The summed E-state index contributed by atoms with van der Waals surface area (Å²) in [6.45, 7) is 0.0537. The second-order valence-corrected chi connectivity index (χ2v) is 1.43. The Morgan fingerprint density at radius 2 is 2.11 bits per heavy atom. The molecule has 0 unspecified atom stereocenters. The van der Waals surface area contributed by atoms with Gasteiger partial charge in [-0.1, -0.05) is 0 Å². The Labute approximate surface area is 59.5 Å². The largest absolute Gasteiger partial charge is 0.465 e. The highest BCUT2D eigenvalue weighted by Gasteiger charge is 2.00. The van der Waals surface area contributed by atoms with E-state index >= 15 is 0 Å². The SMILES string of the molecule is CN(CCO)C(=O)O.Cl. The normalized spacial score (nSPS) is 7.78. The van der Waals surface area contributed by atoms with E-state index in [1.54, 1.807) is 0 Å². The first-order valence-corrected chi connectivity index (χ1v) is 2.23. The van der Waals surface area contributed by atoms with Gasteiger partial charge in [0, 0.05) is 13.6 Å². The van der Waals surface area contributed by atoms with Crippen LogP contribution < -0.4 is 0 Å². The summed E-state index contributed by atoms with van der Waals surface area (Å²) < 4.78 is 0.